The van der Waals surface area contributed by atoms with Gasteiger partial charge >= 0.3 is 0 Å². The lowest BCUT2D eigenvalue weighted by atomic mass is 10.0. The lowest BCUT2D eigenvalue weighted by molar-refractivity contribution is -0.118. The number of amides is 1. The minimum absolute atomic E-state index is 0.187. The quantitative estimate of drug-likeness (QED) is 0.719. The van der Waals surface area contributed by atoms with Crippen molar-refractivity contribution in [1.82, 2.24) is 0 Å². The van der Waals surface area contributed by atoms with Gasteiger partial charge in [-0.3, -0.25) is 4.79 Å². The number of fused-ring (bicyclic) bond motifs is 1. The molecule has 74 valence electrons. The molecule has 2 nitrogen and oxygen atoms in total. The molecule has 0 N–H and O–H groups in total. The highest BCUT2D eigenvalue weighted by Crippen LogP contribution is 2.34. The van der Waals surface area contributed by atoms with Crippen molar-refractivity contribution in [2.24, 2.45) is 0 Å². The van der Waals surface area contributed by atoms with Crippen molar-refractivity contribution >= 4 is 43.5 Å². The lowest BCUT2D eigenvalue weighted by Gasteiger charge is -2.26. The van der Waals surface area contributed by atoms with E-state index in [-0.39, 0.29) is 5.91 Å². The first-order valence-corrected chi connectivity index (χ1v) is 5.92. The van der Waals surface area contributed by atoms with Crippen LogP contribution < -0.4 is 4.90 Å². The first-order chi connectivity index (χ1) is 6.59. The highest BCUT2D eigenvalue weighted by molar-refractivity contribution is 9.13. The van der Waals surface area contributed by atoms with Crippen LogP contribution in [0.1, 0.15) is 12.0 Å². The molecule has 1 heterocycles. The molecule has 4 heteroatoms. The summed E-state index contributed by atoms with van der Waals surface area (Å²) in [5.74, 6) is 0.187. The molecule has 0 spiro atoms. The van der Waals surface area contributed by atoms with Crippen LogP contribution in [0.15, 0.2) is 21.1 Å². The first kappa shape index (κ1) is 10.2. The van der Waals surface area contributed by atoms with Crippen molar-refractivity contribution in [1.29, 1.82) is 0 Å². The normalized spacial score (nSPS) is 15.6. The molecule has 1 aromatic rings. The maximum Gasteiger partial charge on any atom is 0.227 e. The van der Waals surface area contributed by atoms with Crippen molar-refractivity contribution in [3.05, 3.63) is 26.6 Å². The molecule has 0 saturated carbocycles. The molecule has 1 amide bonds. The van der Waals surface area contributed by atoms with Gasteiger partial charge in [-0.1, -0.05) is 0 Å². The van der Waals surface area contributed by atoms with E-state index in [1.54, 1.807) is 4.90 Å². The van der Waals surface area contributed by atoms with E-state index in [2.05, 4.69) is 37.9 Å². The Morgan fingerprint density at radius 3 is 2.57 bits per heavy atom. The van der Waals surface area contributed by atoms with Crippen LogP contribution in [0.3, 0.4) is 0 Å². The Balaban J connectivity index is 2.55. The van der Waals surface area contributed by atoms with E-state index in [0.29, 0.717) is 6.42 Å². The third-order valence-corrected chi connectivity index (χ3v) is 4.31. The Labute approximate surface area is 99.5 Å². The molecule has 0 fully saturated rings. The van der Waals surface area contributed by atoms with E-state index in [1.807, 2.05) is 13.1 Å². The van der Waals surface area contributed by atoms with Gasteiger partial charge in [-0.05, 0) is 56.0 Å². The van der Waals surface area contributed by atoms with E-state index in [9.17, 15) is 4.79 Å². The molecule has 0 atom stereocenters. The van der Waals surface area contributed by atoms with Gasteiger partial charge in [0.25, 0.3) is 0 Å². The molecule has 0 aromatic heterocycles. The summed E-state index contributed by atoms with van der Waals surface area (Å²) in [5, 5.41) is 0. The van der Waals surface area contributed by atoms with Gasteiger partial charge in [0, 0.05) is 28.1 Å². The van der Waals surface area contributed by atoms with Crippen LogP contribution in [0.5, 0.6) is 0 Å². The minimum atomic E-state index is 0.187. The largest absolute Gasteiger partial charge is 0.315 e. The number of rotatable bonds is 0. The zero-order valence-electron chi connectivity index (χ0n) is 7.68. The number of carbonyl (C=O) groups excluding carboxylic acids is 1. The van der Waals surface area contributed by atoms with Gasteiger partial charge < -0.3 is 4.90 Å². The molecule has 0 aliphatic carbocycles. The van der Waals surface area contributed by atoms with E-state index >= 15 is 0 Å². The second kappa shape index (κ2) is 3.66. The number of hydrogen-bond acceptors (Lipinski definition) is 1. The predicted molar refractivity (Wildman–Crippen MR) is 63.6 cm³/mol. The summed E-state index contributed by atoms with van der Waals surface area (Å²) in [7, 11) is 1.82. The van der Waals surface area contributed by atoms with Crippen LogP contribution in [0.4, 0.5) is 5.69 Å². The Bertz CT molecular complexity index is 403. The molecule has 0 unspecified atom stereocenters. The molecular formula is C10H9Br2NO. The Morgan fingerprint density at radius 1 is 1.21 bits per heavy atom. The van der Waals surface area contributed by atoms with Crippen LogP contribution in [-0.2, 0) is 11.2 Å². The number of carbonyl (C=O) groups is 1. The second-order valence-electron chi connectivity index (χ2n) is 3.35. The van der Waals surface area contributed by atoms with Crippen LogP contribution >= 0.6 is 31.9 Å². The summed E-state index contributed by atoms with van der Waals surface area (Å²) in [6.07, 6.45) is 1.45. The maximum absolute atomic E-state index is 11.5. The third kappa shape index (κ3) is 1.61. The highest BCUT2D eigenvalue weighted by Gasteiger charge is 2.21. The maximum atomic E-state index is 11.5. The number of hydrogen-bond donors (Lipinski definition) is 0. The van der Waals surface area contributed by atoms with Crippen LogP contribution in [-0.4, -0.2) is 13.0 Å². The average molecular weight is 319 g/mol. The van der Waals surface area contributed by atoms with Gasteiger partial charge in [0.2, 0.25) is 5.91 Å². The third-order valence-electron chi connectivity index (χ3n) is 2.47. The van der Waals surface area contributed by atoms with Gasteiger partial charge in [-0.2, -0.15) is 0 Å². The number of anilines is 1. The smallest absolute Gasteiger partial charge is 0.227 e. The van der Waals surface area contributed by atoms with Crippen LogP contribution in [0.25, 0.3) is 0 Å². The topological polar surface area (TPSA) is 20.3 Å². The second-order valence-corrected chi connectivity index (χ2v) is 5.06. The summed E-state index contributed by atoms with van der Waals surface area (Å²) in [6, 6.07) is 4.05. The van der Waals surface area contributed by atoms with Crippen molar-refractivity contribution in [3.63, 3.8) is 0 Å². The van der Waals surface area contributed by atoms with Gasteiger partial charge in [0.1, 0.15) is 0 Å². The summed E-state index contributed by atoms with van der Waals surface area (Å²) in [6.45, 7) is 0. The van der Waals surface area contributed by atoms with E-state index in [0.717, 1.165) is 21.1 Å². The number of benzene rings is 1. The molecule has 14 heavy (non-hydrogen) atoms. The lowest BCUT2D eigenvalue weighted by Crippen LogP contribution is -2.31. The van der Waals surface area contributed by atoms with E-state index < -0.39 is 0 Å². The predicted octanol–water partition coefficient (Wildman–Crippen LogP) is 3.12. The Kier molecular flexibility index (Phi) is 2.66. The fourth-order valence-corrected chi connectivity index (χ4v) is 2.36. The van der Waals surface area contributed by atoms with Crippen molar-refractivity contribution < 1.29 is 4.79 Å². The summed E-state index contributed by atoms with van der Waals surface area (Å²) < 4.78 is 2.02. The molecule has 0 radical (unpaired) electrons. The van der Waals surface area contributed by atoms with Gasteiger partial charge in [-0.25, -0.2) is 0 Å². The highest BCUT2D eigenvalue weighted by atomic mass is 79.9. The van der Waals surface area contributed by atoms with Gasteiger partial charge in [0.05, 0.1) is 0 Å². The van der Waals surface area contributed by atoms with Crippen molar-refractivity contribution in [3.8, 4) is 0 Å². The molecule has 2 rings (SSSR count). The average Bonchev–Trinajstić information content (AvgIpc) is 2.15. The zero-order valence-corrected chi connectivity index (χ0v) is 10.9. The SMILES string of the molecule is CN1C(=O)CCc2cc(Br)c(Br)cc21. The molecule has 0 saturated heterocycles. The Hall–Kier alpha value is -0.350. The minimum Gasteiger partial charge on any atom is -0.315 e. The molecule has 1 aliphatic rings. The number of halogens is 2. The Morgan fingerprint density at radius 2 is 1.86 bits per heavy atom. The first-order valence-electron chi connectivity index (χ1n) is 4.34. The summed E-state index contributed by atoms with van der Waals surface area (Å²) in [4.78, 5) is 13.2. The molecule has 1 aliphatic heterocycles. The number of nitrogens with zero attached hydrogens (tertiary/aromatic N) is 1. The van der Waals surface area contributed by atoms with Crippen LogP contribution in [0, 0.1) is 0 Å². The molecule has 1 aromatic carbocycles. The van der Waals surface area contributed by atoms with Crippen molar-refractivity contribution in [2.45, 2.75) is 12.8 Å². The molecular weight excluding hydrogens is 310 g/mol. The monoisotopic (exact) mass is 317 g/mol. The standard InChI is InChI=1S/C10H9Br2NO/c1-13-9-5-8(12)7(11)4-6(9)2-3-10(13)14/h4-5H,2-3H2,1H3. The van der Waals surface area contributed by atoms with Crippen LogP contribution in [0.2, 0.25) is 0 Å². The summed E-state index contributed by atoms with van der Waals surface area (Å²) >= 11 is 6.90. The summed E-state index contributed by atoms with van der Waals surface area (Å²) in [5.41, 5.74) is 2.23. The molecule has 0 bridgehead atoms. The van der Waals surface area contributed by atoms with E-state index in [4.69, 9.17) is 0 Å². The number of aryl methyl sites for hydroxylation is 1. The van der Waals surface area contributed by atoms with Gasteiger partial charge in [0.15, 0.2) is 0 Å². The van der Waals surface area contributed by atoms with Crippen molar-refractivity contribution in [2.75, 3.05) is 11.9 Å². The van der Waals surface area contributed by atoms with E-state index in [1.165, 1.54) is 5.56 Å². The van der Waals surface area contributed by atoms with Gasteiger partial charge in [-0.15, -0.1) is 0 Å². The fraction of sp³-hybridized carbons (Fsp3) is 0.300. The fourth-order valence-electron chi connectivity index (χ4n) is 1.63. The zero-order chi connectivity index (χ0) is 10.3.